The molecular formula is C22H25N3O4. The number of nitrogens with one attached hydrogen (secondary N) is 2. The van der Waals surface area contributed by atoms with Crippen molar-refractivity contribution in [1.82, 2.24) is 10.2 Å². The second-order valence-electron chi connectivity index (χ2n) is 7.12. The lowest BCUT2D eigenvalue weighted by atomic mass is 9.93. The van der Waals surface area contributed by atoms with Crippen LogP contribution in [0.1, 0.15) is 25.8 Å². The van der Waals surface area contributed by atoms with Gasteiger partial charge in [0, 0.05) is 0 Å². The van der Waals surface area contributed by atoms with Gasteiger partial charge in [-0.15, -0.1) is 0 Å². The third-order valence-corrected chi connectivity index (χ3v) is 4.86. The van der Waals surface area contributed by atoms with Crippen molar-refractivity contribution in [3.8, 4) is 5.75 Å². The van der Waals surface area contributed by atoms with Crippen LogP contribution >= 0.6 is 0 Å². The van der Waals surface area contributed by atoms with Crippen LogP contribution in [0, 0.1) is 0 Å². The monoisotopic (exact) mass is 395 g/mol. The molecular weight excluding hydrogens is 370 g/mol. The van der Waals surface area contributed by atoms with Crippen LogP contribution in [-0.4, -0.2) is 41.4 Å². The van der Waals surface area contributed by atoms with Crippen molar-refractivity contribution in [2.75, 3.05) is 18.5 Å². The highest BCUT2D eigenvalue weighted by Gasteiger charge is 2.47. The first-order valence-electron chi connectivity index (χ1n) is 9.62. The van der Waals surface area contributed by atoms with Crippen molar-refractivity contribution in [3.05, 3.63) is 60.2 Å². The maximum atomic E-state index is 12.9. The van der Waals surface area contributed by atoms with Crippen LogP contribution in [-0.2, 0) is 16.0 Å². The zero-order valence-electron chi connectivity index (χ0n) is 16.6. The molecule has 0 unspecified atom stereocenters. The lowest BCUT2D eigenvalue weighted by Gasteiger charge is -2.21. The van der Waals surface area contributed by atoms with Gasteiger partial charge < -0.3 is 15.4 Å². The minimum Gasteiger partial charge on any atom is -0.492 e. The number of rotatable bonds is 8. The van der Waals surface area contributed by atoms with Crippen molar-refractivity contribution in [2.45, 2.75) is 32.2 Å². The van der Waals surface area contributed by atoms with Gasteiger partial charge in [-0.3, -0.25) is 14.5 Å². The molecule has 0 aliphatic carbocycles. The Labute approximate surface area is 170 Å². The number of hydrogen-bond donors (Lipinski definition) is 2. The van der Waals surface area contributed by atoms with E-state index in [0.29, 0.717) is 30.9 Å². The molecule has 1 aliphatic heterocycles. The number of nitrogens with zero attached hydrogens (tertiary/aromatic N) is 1. The first kappa shape index (κ1) is 20.4. The molecule has 2 N–H and O–H groups in total. The van der Waals surface area contributed by atoms with Gasteiger partial charge in [0.2, 0.25) is 5.91 Å². The van der Waals surface area contributed by atoms with Crippen molar-refractivity contribution in [1.29, 1.82) is 0 Å². The Hall–Kier alpha value is -3.35. The number of carbonyl (C=O) groups excluding carboxylic acids is 3. The molecule has 1 fully saturated rings. The first-order chi connectivity index (χ1) is 13.9. The number of aryl methyl sites for hydroxylation is 1. The van der Waals surface area contributed by atoms with E-state index in [4.69, 9.17) is 4.74 Å². The molecule has 1 saturated heterocycles. The summed E-state index contributed by atoms with van der Waals surface area (Å²) in [5.74, 6) is -0.326. The Bertz CT molecular complexity index is 900. The summed E-state index contributed by atoms with van der Waals surface area (Å²) in [6, 6.07) is 16.2. The lowest BCUT2D eigenvalue weighted by molar-refractivity contribution is -0.133. The number of amides is 4. The highest BCUT2D eigenvalue weighted by Crippen LogP contribution is 2.25. The molecule has 7 nitrogen and oxygen atoms in total. The number of hydrogen-bond acceptors (Lipinski definition) is 4. The normalized spacial score (nSPS) is 18.5. The van der Waals surface area contributed by atoms with Gasteiger partial charge in [0.1, 0.15) is 17.8 Å². The van der Waals surface area contributed by atoms with Crippen molar-refractivity contribution < 1.29 is 19.1 Å². The largest absolute Gasteiger partial charge is 0.492 e. The maximum Gasteiger partial charge on any atom is 0.325 e. The second kappa shape index (κ2) is 8.77. The highest BCUT2D eigenvalue weighted by molar-refractivity contribution is 6.10. The van der Waals surface area contributed by atoms with Gasteiger partial charge in [0.05, 0.1) is 12.3 Å². The summed E-state index contributed by atoms with van der Waals surface area (Å²) in [5, 5.41) is 5.44. The summed E-state index contributed by atoms with van der Waals surface area (Å²) < 4.78 is 5.48. The molecule has 0 saturated carbocycles. The number of para-hydroxylation sites is 2. The zero-order chi connectivity index (χ0) is 20.9. The zero-order valence-corrected chi connectivity index (χ0v) is 16.6. The van der Waals surface area contributed by atoms with Gasteiger partial charge in [-0.25, -0.2) is 4.79 Å². The summed E-state index contributed by atoms with van der Waals surface area (Å²) in [7, 11) is 0. The third-order valence-electron chi connectivity index (χ3n) is 4.86. The Morgan fingerprint density at radius 1 is 1.10 bits per heavy atom. The van der Waals surface area contributed by atoms with Crippen LogP contribution in [0.2, 0.25) is 0 Å². The predicted molar refractivity (Wildman–Crippen MR) is 110 cm³/mol. The van der Waals surface area contributed by atoms with Crippen molar-refractivity contribution in [2.24, 2.45) is 0 Å². The minimum atomic E-state index is -1.03. The number of ether oxygens (including phenoxy) is 1. The van der Waals surface area contributed by atoms with Gasteiger partial charge in [-0.05, 0) is 44.4 Å². The van der Waals surface area contributed by atoms with E-state index in [1.807, 2.05) is 37.3 Å². The minimum absolute atomic E-state index is 0.355. The topological polar surface area (TPSA) is 87.7 Å². The Morgan fingerprint density at radius 2 is 1.79 bits per heavy atom. The van der Waals surface area contributed by atoms with E-state index in [1.165, 1.54) is 0 Å². The molecule has 0 spiro atoms. The summed E-state index contributed by atoms with van der Waals surface area (Å²) in [6.45, 7) is 3.65. The number of anilines is 1. The lowest BCUT2D eigenvalue weighted by Crippen LogP contribution is -2.45. The van der Waals surface area contributed by atoms with Crippen LogP contribution in [0.25, 0.3) is 0 Å². The van der Waals surface area contributed by atoms with E-state index in [9.17, 15) is 14.4 Å². The van der Waals surface area contributed by atoms with Gasteiger partial charge in [-0.2, -0.15) is 0 Å². The van der Waals surface area contributed by atoms with Crippen LogP contribution in [0.5, 0.6) is 5.75 Å². The summed E-state index contributed by atoms with van der Waals surface area (Å²) in [6.07, 6.45) is 1.10. The molecule has 152 valence electrons. The molecule has 0 aromatic heterocycles. The Kier molecular flexibility index (Phi) is 6.16. The Balaban J connectivity index is 1.63. The average molecular weight is 395 g/mol. The molecule has 7 heteroatoms. The third kappa shape index (κ3) is 4.74. The fraction of sp³-hybridized carbons (Fsp3) is 0.318. The van der Waals surface area contributed by atoms with E-state index in [0.717, 1.165) is 10.5 Å². The fourth-order valence-electron chi connectivity index (χ4n) is 3.28. The van der Waals surface area contributed by atoms with Crippen LogP contribution < -0.4 is 15.4 Å². The molecule has 0 bridgehead atoms. The quantitative estimate of drug-likeness (QED) is 0.673. The van der Waals surface area contributed by atoms with Crippen molar-refractivity contribution in [3.63, 3.8) is 0 Å². The Morgan fingerprint density at radius 3 is 2.52 bits per heavy atom. The molecule has 1 atom stereocenters. The van der Waals surface area contributed by atoms with Gasteiger partial charge >= 0.3 is 6.03 Å². The first-order valence-corrected chi connectivity index (χ1v) is 9.62. The van der Waals surface area contributed by atoms with Gasteiger partial charge in [-0.1, -0.05) is 42.5 Å². The van der Waals surface area contributed by atoms with Crippen LogP contribution in [0.15, 0.2) is 54.6 Å². The highest BCUT2D eigenvalue weighted by atomic mass is 16.5. The summed E-state index contributed by atoms with van der Waals surface area (Å²) in [4.78, 5) is 38.6. The van der Waals surface area contributed by atoms with Crippen molar-refractivity contribution >= 4 is 23.5 Å². The number of carbonyl (C=O) groups is 3. The molecule has 29 heavy (non-hydrogen) atoms. The number of benzene rings is 2. The summed E-state index contributed by atoms with van der Waals surface area (Å²) in [5.41, 5.74) is 0.550. The van der Waals surface area contributed by atoms with E-state index in [-0.39, 0.29) is 6.54 Å². The van der Waals surface area contributed by atoms with E-state index < -0.39 is 23.4 Å². The van der Waals surface area contributed by atoms with Crippen LogP contribution in [0.3, 0.4) is 0 Å². The van der Waals surface area contributed by atoms with Crippen LogP contribution in [0.4, 0.5) is 10.5 Å². The molecule has 1 aliphatic rings. The number of imide groups is 1. The summed E-state index contributed by atoms with van der Waals surface area (Å²) >= 11 is 0. The molecule has 1 heterocycles. The second-order valence-corrected chi connectivity index (χ2v) is 7.12. The average Bonchev–Trinajstić information content (AvgIpc) is 2.92. The molecule has 2 aromatic rings. The maximum absolute atomic E-state index is 12.9. The molecule has 0 radical (unpaired) electrons. The van der Waals surface area contributed by atoms with E-state index >= 15 is 0 Å². The van der Waals surface area contributed by atoms with Gasteiger partial charge in [0.25, 0.3) is 5.91 Å². The SMILES string of the molecule is CCOc1ccccc1NC(=O)CN1C(=O)N[C@](C)(CCc2ccccc2)C1=O. The number of urea groups is 1. The molecule has 3 rings (SSSR count). The van der Waals surface area contributed by atoms with E-state index in [2.05, 4.69) is 10.6 Å². The van der Waals surface area contributed by atoms with Gasteiger partial charge in [0.15, 0.2) is 0 Å². The molecule has 4 amide bonds. The fourth-order valence-corrected chi connectivity index (χ4v) is 3.28. The standard InChI is InChI=1S/C22H25N3O4/c1-3-29-18-12-8-7-11-17(18)23-19(26)15-25-20(27)22(2,24-21(25)28)14-13-16-9-5-4-6-10-16/h4-12H,3,13-15H2,1-2H3,(H,23,26)(H,24,28)/t22-/m1/s1. The predicted octanol–water partition coefficient (Wildman–Crippen LogP) is 2.97. The molecule has 2 aromatic carbocycles. The van der Waals surface area contributed by atoms with E-state index in [1.54, 1.807) is 31.2 Å². The smallest absolute Gasteiger partial charge is 0.325 e.